The Morgan fingerprint density at radius 3 is 3.00 bits per heavy atom. The van der Waals surface area contributed by atoms with Crippen LogP contribution in [0.2, 0.25) is 0 Å². The van der Waals surface area contributed by atoms with Crippen LogP contribution in [0.5, 0.6) is 0 Å². The quantitative estimate of drug-likeness (QED) is 0.670. The van der Waals surface area contributed by atoms with E-state index < -0.39 is 12.5 Å². The Kier molecular flexibility index (Phi) is 3.23. The smallest absolute Gasteiger partial charge is 0.197 e. The van der Waals surface area contributed by atoms with Crippen molar-refractivity contribution in [3.63, 3.8) is 0 Å². The van der Waals surface area contributed by atoms with E-state index in [1.165, 1.54) is 7.11 Å². The molecule has 0 aliphatic heterocycles. The number of hydrogen-bond donors (Lipinski definition) is 0. The van der Waals surface area contributed by atoms with Crippen molar-refractivity contribution in [3.05, 3.63) is 23.5 Å². The van der Waals surface area contributed by atoms with Gasteiger partial charge in [0.15, 0.2) is 12.5 Å². The van der Waals surface area contributed by atoms with E-state index >= 15 is 0 Å². The van der Waals surface area contributed by atoms with Crippen molar-refractivity contribution in [1.82, 2.24) is 0 Å². The molecule has 1 atom stereocenters. The van der Waals surface area contributed by atoms with E-state index in [1.54, 1.807) is 6.08 Å². The molecule has 1 unspecified atom stereocenters. The van der Waals surface area contributed by atoms with E-state index in [4.69, 9.17) is 4.74 Å². The lowest BCUT2D eigenvalue weighted by atomic mass is 9.94. The van der Waals surface area contributed by atoms with Gasteiger partial charge in [0, 0.05) is 0 Å². The lowest BCUT2D eigenvalue weighted by Gasteiger charge is -2.16. The molecular formula is C10H13FO2. The Morgan fingerprint density at radius 1 is 1.77 bits per heavy atom. The summed E-state index contributed by atoms with van der Waals surface area (Å²) < 4.78 is 17.1. The zero-order valence-electron chi connectivity index (χ0n) is 7.84. The van der Waals surface area contributed by atoms with Gasteiger partial charge in [-0.3, -0.25) is 4.79 Å². The van der Waals surface area contributed by atoms with Gasteiger partial charge in [-0.15, -0.1) is 0 Å². The van der Waals surface area contributed by atoms with Gasteiger partial charge >= 0.3 is 0 Å². The summed E-state index contributed by atoms with van der Waals surface area (Å²) >= 11 is 0. The third-order valence-corrected chi connectivity index (χ3v) is 2.03. The van der Waals surface area contributed by atoms with E-state index in [-0.39, 0.29) is 5.92 Å². The molecule has 0 N–H and O–H groups in total. The molecule has 1 aliphatic rings. The number of hydrogen-bond acceptors (Lipinski definition) is 2. The van der Waals surface area contributed by atoms with Gasteiger partial charge in [0.25, 0.3) is 0 Å². The van der Waals surface area contributed by atoms with Crippen LogP contribution in [0.4, 0.5) is 4.39 Å². The highest BCUT2D eigenvalue weighted by Gasteiger charge is 2.19. The second-order valence-electron chi connectivity index (χ2n) is 3.12. The maximum Gasteiger partial charge on any atom is 0.197 e. The summed E-state index contributed by atoms with van der Waals surface area (Å²) in [4.78, 5) is 11.1. The highest BCUT2D eigenvalue weighted by Crippen LogP contribution is 2.23. The normalized spacial score (nSPS) is 21.9. The number of methoxy groups -OCH3 is 1. The number of carbonyl (C=O) groups is 1. The van der Waals surface area contributed by atoms with Gasteiger partial charge < -0.3 is 4.74 Å². The molecule has 0 amide bonds. The van der Waals surface area contributed by atoms with E-state index in [0.29, 0.717) is 11.3 Å². The molecule has 0 saturated carbocycles. The van der Waals surface area contributed by atoms with Crippen molar-refractivity contribution in [2.45, 2.75) is 13.3 Å². The van der Waals surface area contributed by atoms with Crippen LogP contribution in [-0.2, 0) is 9.53 Å². The van der Waals surface area contributed by atoms with Crippen LogP contribution in [0.25, 0.3) is 0 Å². The second-order valence-corrected chi connectivity index (χ2v) is 3.12. The van der Waals surface area contributed by atoms with Crippen molar-refractivity contribution in [2.24, 2.45) is 5.92 Å². The summed E-state index contributed by atoms with van der Waals surface area (Å²) in [6, 6.07) is 0. The van der Waals surface area contributed by atoms with E-state index in [9.17, 15) is 9.18 Å². The zero-order valence-corrected chi connectivity index (χ0v) is 7.84. The summed E-state index contributed by atoms with van der Waals surface area (Å²) in [6.45, 7) is 1.02. The molecule has 1 rings (SSSR count). The third-order valence-electron chi connectivity index (χ3n) is 2.03. The van der Waals surface area contributed by atoms with Crippen LogP contribution in [0.15, 0.2) is 23.5 Å². The number of rotatable bonds is 3. The Hall–Kier alpha value is -1.12. The highest BCUT2D eigenvalue weighted by atomic mass is 19.1. The number of halogens is 1. The molecule has 0 heterocycles. The molecule has 0 fully saturated rings. The standard InChI is InChI=1S/C10H13FO2/c1-7-3-4-10(13-2)8(5-7)9(12)6-11/h4-5,7H,3,6H2,1-2H3. The number of ketones is 1. The van der Waals surface area contributed by atoms with Crippen LogP contribution in [-0.4, -0.2) is 19.6 Å². The van der Waals surface area contributed by atoms with Crippen molar-refractivity contribution in [2.75, 3.05) is 13.8 Å². The first-order valence-corrected chi connectivity index (χ1v) is 4.24. The Morgan fingerprint density at radius 2 is 2.46 bits per heavy atom. The van der Waals surface area contributed by atoms with Crippen LogP contribution in [0, 0.1) is 5.92 Å². The van der Waals surface area contributed by atoms with Crippen LogP contribution in [0.3, 0.4) is 0 Å². The molecule has 0 aromatic heterocycles. The highest BCUT2D eigenvalue weighted by molar-refractivity contribution is 6.00. The maximum atomic E-state index is 12.1. The Labute approximate surface area is 77.1 Å². The Bertz CT molecular complexity index is 266. The fourth-order valence-electron chi connectivity index (χ4n) is 1.33. The first-order valence-electron chi connectivity index (χ1n) is 4.24. The molecule has 0 saturated heterocycles. The van der Waals surface area contributed by atoms with Crippen molar-refractivity contribution in [1.29, 1.82) is 0 Å². The minimum absolute atomic E-state index is 0.282. The fourth-order valence-corrected chi connectivity index (χ4v) is 1.33. The molecule has 13 heavy (non-hydrogen) atoms. The van der Waals surface area contributed by atoms with Crippen molar-refractivity contribution < 1.29 is 13.9 Å². The fraction of sp³-hybridized carbons (Fsp3) is 0.500. The lowest BCUT2D eigenvalue weighted by molar-refractivity contribution is -0.116. The van der Waals surface area contributed by atoms with Gasteiger partial charge in [0.05, 0.1) is 12.7 Å². The minimum atomic E-state index is -0.959. The van der Waals surface area contributed by atoms with Gasteiger partial charge in [-0.05, 0) is 18.4 Å². The number of carbonyl (C=O) groups excluding carboxylic acids is 1. The summed E-state index contributed by atoms with van der Waals surface area (Å²) in [5.41, 5.74) is 0.378. The SMILES string of the molecule is COC1=CCC(C)C=C1C(=O)CF. The van der Waals surface area contributed by atoms with Crippen molar-refractivity contribution >= 4 is 5.78 Å². The maximum absolute atomic E-state index is 12.1. The first kappa shape index (κ1) is 9.96. The first-order chi connectivity index (χ1) is 6.19. The average Bonchev–Trinajstić information content (AvgIpc) is 2.16. The number of alkyl halides is 1. The van der Waals surface area contributed by atoms with Crippen LogP contribution < -0.4 is 0 Å². The predicted octanol–water partition coefficient (Wildman–Crippen LogP) is 2.02. The molecule has 0 bridgehead atoms. The van der Waals surface area contributed by atoms with Crippen molar-refractivity contribution in [3.8, 4) is 0 Å². The summed E-state index contributed by atoms with van der Waals surface area (Å²) in [5.74, 6) is 0.282. The molecule has 0 spiro atoms. The van der Waals surface area contributed by atoms with Gasteiger partial charge in [0.1, 0.15) is 5.76 Å². The third kappa shape index (κ3) is 2.17. The number of allylic oxidation sites excluding steroid dienone is 3. The Balaban J connectivity index is 2.88. The lowest BCUT2D eigenvalue weighted by Crippen LogP contribution is -2.13. The molecule has 0 aromatic rings. The summed E-state index contributed by atoms with van der Waals surface area (Å²) in [7, 11) is 1.49. The largest absolute Gasteiger partial charge is 0.496 e. The van der Waals surface area contributed by atoms with Gasteiger partial charge in [0.2, 0.25) is 0 Å². The van der Waals surface area contributed by atoms with E-state index in [2.05, 4.69) is 0 Å². The molecule has 2 nitrogen and oxygen atoms in total. The van der Waals surface area contributed by atoms with E-state index in [1.807, 2.05) is 13.0 Å². The second kappa shape index (κ2) is 4.21. The van der Waals surface area contributed by atoms with Crippen LogP contribution >= 0.6 is 0 Å². The zero-order chi connectivity index (χ0) is 9.84. The van der Waals surface area contributed by atoms with E-state index in [0.717, 1.165) is 6.42 Å². The number of Topliss-reactive ketones (excluding diaryl/α,β-unsaturated/α-hetero) is 1. The summed E-state index contributed by atoms with van der Waals surface area (Å²) in [6.07, 6.45) is 4.43. The van der Waals surface area contributed by atoms with Gasteiger partial charge in [-0.1, -0.05) is 13.0 Å². The molecular weight excluding hydrogens is 171 g/mol. The van der Waals surface area contributed by atoms with Gasteiger partial charge in [-0.25, -0.2) is 4.39 Å². The molecule has 72 valence electrons. The topological polar surface area (TPSA) is 26.3 Å². The van der Waals surface area contributed by atoms with Crippen LogP contribution in [0.1, 0.15) is 13.3 Å². The molecule has 0 aromatic carbocycles. The summed E-state index contributed by atoms with van der Waals surface area (Å²) in [5, 5.41) is 0. The minimum Gasteiger partial charge on any atom is -0.496 e. The molecule has 0 radical (unpaired) electrons. The predicted molar refractivity (Wildman–Crippen MR) is 47.9 cm³/mol. The molecule has 3 heteroatoms. The average molecular weight is 184 g/mol. The monoisotopic (exact) mass is 184 g/mol. The molecule has 1 aliphatic carbocycles. The van der Waals surface area contributed by atoms with Gasteiger partial charge in [-0.2, -0.15) is 0 Å². The number of ether oxygens (including phenoxy) is 1.